The van der Waals surface area contributed by atoms with Crippen LogP contribution in [0.4, 0.5) is 4.39 Å². The number of aliphatic hydroxyl groups is 1. The van der Waals surface area contributed by atoms with Crippen molar-refractivity contribution >= 4 is 11.3 Å². The Morgan fingerprint density at radius 1 is 1.41 bits per heavy atom. The zero-order valence-electron chi connectivity index (χ0n) is 12.9. The zero-order valence-corrected chi connectivity index (χ0v) is 13.7. The SMILES string of the molecule is Cc1nc(-c2ccccc2F)sc1C(C)NCC1(CO)CC1. The third kappa shape index (κ3) is 3.07. The number of halogens is 1. The maximum absolute atomic E-state index is 13.9. The fourth-order valence-corrected chi connectivity index (χ4v) is 3.71. The minimum atomic E-state index is -0.236. The van der Waals surface area contributed by atoms with E-state index in [0.717, 1.165) is 35.0 Å². The van der Waals surface area contributed by atoms with E-state index in [9.17, 15) is 9.50 Å². The molecule has 0 spiro atoms. The van der Waals surface area contributed by atoms with Crippen LogP contribution in [0.5, 0.6) is 0 Å². The average Bonchev–Trinajstić information content (AvgIpc) is 3.21. The standard InChI is InChI=1S/C17H21FN2OS/c1-11(19-9-17(10-21)7-8-17)15-12(2)20-16(22-15)13-5-3-4-6-14(13)18/h3-6,11,19,21H,7-10H2,1-2H3. The molecule has 5 heteroatoms. The summed E-state index contributed by atoms with van der Waals surface area (Å²) in [5, 5.41) is 13.6. The molecule has 118 valence electrons. The molecule has 1 saturated carbocycles. The Morgan fingerprint density at radius 2 is 2.14 bits per heavy atom. The minimum absolute atomic E-state index is 0.0845. The second kappa shape index (κ2) is 6.07. The summed E-state index contributed by atoms with van der Waals surface area (Å²) in [5.74, 6) is -0.236. The van der Waals surface area contributed by atoms with Crippen LogP contribution in [-0.2, 0) is 0 Å². The fourth-order valence-electron chi connectivity index (χ4n) is 2.59. The summed E-state index contributed by atoms with van der Waals surface area (Å²) < 4.78 is 13.9. The lowest BCUT2D eigenvalue weighted by atomic mass is 10.1. The van der Waals surface area contributed by atoms with Crippen LogP contribution < -0.4 is 5.32 Å². The first-order chi connectivity index (χ1) is 10.5. The van der Waals surface area contributed by atoms with Gasteiger partial charge in [-0.2, -0.15) is 0 Å². The van der Waals surface area contributed by atoms with Crippen molar-refractivity contribution in [2.45, 2.75) is 32.7 Å². The molecule has 3 rings (SSSR count). The van der Waals surface area contributed by atoms with Crippen molar-refractivity contribution in [3.05, 3.63) is 40.7 Å². The van der Waals surface area contributed by atoms with Crippen molar-refractivity contribution < 1.29 is 9.50 Å². The normalized spacial score (nSPS) is 17.5. The van der Waals surface area contributed by atoms with Crippen molar-refractivity contribution in [1.82, 2.24) is 10.3 Å². The molecule has 1 aromatic carbocycles. The van der Waals surface area contributed by atoms with Gasteiger partial charge in [0.2, 0.25) is 0 Å². The Morgan fingerprint density at radius 3 is 2.77 bits per heavy atom. The number of thiazole rings is 1. The first-order valence-electron chi connectivity index (χ1n) is 7.61. The Kier molecular flexibility index (Phi) is 4.30. The highest BCUT2D eigenvalue weighted by molar-refractivity contribution is 7.15. The van der Waals surface area contributed by atoms with E-state index in [4.69, 9.17) is 0 Å². The topological polar surface area (TPSA) is 45.2 Å². The summed E-state index contributed by atoms with van der Waals surface area (Å²) >= 11 is 1.54. The summed E-state index contributed by atoms with van der Waals surface area (Å²) in [6.07, 6.45) is 2.18. The van der Waals surface area contributed by atoms with Gasteiger partial charge in [0.1, 0.15) is 10.8 Å². The number of hydrogen-bond donors (Lipinski definition) is 2. The summed E-state index contributed by atoms with van der Waals surface area (Å²) in [6, 6.07) is 6.90. The molecule has 1 atom stereocenters. The van der Waals surface area contributed by atoms with E-state index in [1.165, 1.54) is 17.4 Å². The van der Waals surface area contributed by atoms with E-state index in [0.29, 0.717) is 5.56 Å². The summed E-state index contributed by atoms with van der Waals surface area (Å²) in [6.45, 7) is 5.12. The molecule has 0 amide bonds. The second-order valence-corrected chi connectivity index (χ2v) is 7.24. The Balaban J connectivity index is 1.76. The molecule has 0 saturated heterocycles. The van der Waals surface area contributed by atoms with Gasteiger partial charge in [-0.15, -0.1) is 11.3 Å². The van der Waals surface area contributed by atoms with Crippen LogP contribution in [-0.4, -0.2) is 23.2 Å². The summed E-state index contributed by atoms with van der Waals surface area (Å²) in [4.78, 5) is 5.66. The van der Waals surface area contributed by atoms with Gasteiger partial charge in [-0.1, -0.05) is 12.1 Å². The minimum Gasteiger partial charge on any atom is -0.396 e. The van der Waals surface area contributed by atoms with E-state index in [2.05, 4.69) is 17.2 Å². The van der Waals surface area contributed by atoms with Crippen molar-refractivity contribution in [1.29, 1.82) is 0 Å². The number of nitrogens with one attached hydrogen (secondary N) is 1. The lowest BCUT2D eigenvalue weighted by Gasteiger charge is -2.17. The summed E-state index contributed by atoms with van der Waals surface area (Å²) in [7, 11) is 0. The number of aliphatic hydroxyl groups excluding tert-OH is 1. The van der Waals surface area contributed by atoms with Crippen LogP contribution >= 0.6 is 11.3 Å². The van der Waals surface area contributed by atoms with Crippen molar-refractivity contribution in [2.24, 2.45) is 5.41 Å². The van der Waals surface area contributed by atoms with Gasteiger partial charge in [-0.25, -0.2) is 9.37 Å². The van der Waals surface area contributed by atoms with Gasteiger partial charge in [0, 0.05) is 35.0 Å². The fraction of sp³-hybridized carbons (Fsp3) is 0.471. The monoisotopic (exact) mass is 320 g/mol. The maximum Gasteiger partial charge on any atom is 0.133 e. The van der Waals surface area contributed by atoms with Crippen LogP contribution in [0.1, 0.15) is 36.4 Å². The molecule has 1 unspecified atom stereocenters. The molecule has 0 aliphatic heterocycles. The molecule has 0 radical (unpaired) electrons. The molecule has 1 aromatic heterocycles. The van der Waals surface area contributed by atoms with E-state index < -0.39 is 0 Å². The first-order valence-corrected chi connectivity index (χ1v) is 8.43. The highest BCUT2D eigenvalue weighted by Crippen LogP contribution is 2.45. The maximum atomic E-state index is 13.9. The van der Waals surface area contributed by atoms with Gasteiger partial charge in [-0.05, 0) is 38.8 Å². The van der Waals surface area contributed by atoms with Crippen LogP contribution in [0.2, 0.25) is 0 Å². The number of rotatable bonds is 6. The molecule has 1 aliphatic rings. The molecular weight excluding hydrogens is 299 g/mol. The largest absolute Gasteiger partial charge is 0.396 e. The number of aryl methyl sites for hydroxylation is 1. The van der Waals surface area contributed by atoms with Crippen LogP contribution in [0.15, 0.2) is 24.3 Å². The summed E-state index contributed by atoms with van der Waals surface area (Å²) in [5.41, 5.74) is 1.58. The van der Waals surface area contributed by atoms with E-state index in [-0.39, 0.29) is 23.9 Å². The Labute approximate surface area is 134 Å². The number of benzene rings is 1. The number of aromatic nitrogens is 1. The second-order valence-electron chi connectivity index (χ2n) is 6.21. The molecule has 1 aliphatic carbocycles. The van der Waals surface area contributed by atoms with Crippen LogP contribution in [0.25, 0.3) is 10.6 Å². The molecule has 0 bridgehead atoms. The molecule has 2 aromatic rings. The lowest BCUT2D eigenvalue weighted by molar-refractivity contribution is 0.205. The van der Waals surface area contributed by atoms with Crippen molar-refractivity contribution in [3.8, 4) is 10.6 Å². The third-order valence-corrected chi connectivity index (χ3v) is 5.78. The smallest absolute Gasteiger partial charge is 0.133 e. The van der Waals surface area contributed by atoms with E-state index in [1.54, 1.807) is 12.1 Å². The van der Waals surface area contributed by atoms with Gasteiger partial charge in [0.25, 0.3) is 0 Å². The zero-order chi connectivity index (χ0) is 15.7. The van der Waals surface area contributed by atoms with Crippen molar-refractivity contribution in [2.75, 3.05) is 13.2 Å². The molecule has 2 N–H and O–H groups in total. The van der Waals surface area contributed by atoms with E-state index in [1.807, 2.05) is 13.0 Å². The van der Waals surface area contributed by atoms with Crippen molar-refractivity contribution in [3.63, 3.8) is 0 Å². The van der Waals surface area contributed by atoms with Gasteiger partial charge < -0.3 is 10.4 Å². The average molecular weight is 320 g/mol. The van der Waals surface area contributed by atoms with Crippen LogP contribution in [0, 0.1) is 18.2 Å². The molecule has 3 nitrogen and oxygen atoms in total. The predicted octanol–water partition coefficient (Wildman–Crippen LogP) is 3.68. The van der Waals surface area contributed by atoms with Gasteiger partial charge >= 0.3 is 0 Å². The van der Waals surface area contributed by atoms with Gasteiger partial charge in [-0.3, -0.25) is 0 Å². The lowest BCUT2D eigenvalue weighted by Crippen LogP contribution is -2.28. The Bertz CT molecular complexity index is 666. The molecule has 1 heterocycles. The first kappa shape index (κ1) is 15.6. The highest BCUT2D eigenvalue weighted by Gasteiger charge is 2.41. The quantitative estimate of drug-likeness (QED) is 0.853. The Hall–Kier alpha value is -1.30. The van der Waals surface area contributed by atoms with Gasteiger partial charge in [0.15, 0.2) is 0 Å². The molecular formula is C17H21FN2OS. The number of hydrogen-bond acceptors (Lipinski definition) is 4. The predicted molar refractivity (Wildman–Crippen MR) is 87.4 cm³/mol. The number of nitrogens with zero attached hydrogens (tertiary/aromatic N) is 1. The van der Waals surface area contributed by atoms with Crippen LogP contribution in [0.3, 0.4) is 0 Å². The highest BCUT2D eigenvalue weighted by atomic mass is 32.1. The van der Waals surface area contributed by atoms with Gasteiger partial charge in [0.05, 0.1) is 5.69 Å². The molecule has 1 fully saturated rings. The third-order valence-electron chi connectivity index (χ3n) is 4.41. The van der Waals surface area contributed by atoms with E-state index >= 15 is 0 Å². The molecule has 22 heavy (non-hydrogen) atoms.